The van der Waals surface area contributed by atoms with E-state index < -0.39 is 0 Å². The zero-order valence-corrected chi connectivity index (χ0v) is 11.7. The number of ether oxygens (including phenoxy) is 3. The molecule has 2 rings (SSSR count). The first kappa shape index (κ1) is 12.8. The van der Waals surface area contributed by atoms with Crippen LogP contribution in [-0.2, 0) is 0 Å². The minimum Gasteiger partial charge on any atom is -0.492 e. The molecule has 1 aliphatic rings. The van der Waals surface area contributed by atoms with E-state index >= 15 is 0 Å². The predicted molar refractivity (Wildman–Crippen MR) is 72.6 cm³/mol. The van der Waals surface area contributed by atoms with E-state index in [9.17, 15) is 0 Å². The van der Waals surface area contributed by atoms with Gasteiger partial charge in [-0.05, 0) is 39.8 Å². The van der Waals surface area contributed by atoms with Crippen molar-refractivity contribution in [2.45, 2.75) is 33.3 Å². The van der Waals surface area contributed by atoms with Crippen molar-refractivity contribution in [1.82, 2.24) is 0 Å². The van der Waals surface area contributed by atoms with E-state index in [-0.39, 0.29) is 5.60 Å². The van der Waals surface area contributed by atoms with Gasteiger partial charge >= 0.3 is 0 Å². The van der Waals surface area contributed by atoms with E-state index in [1.54, 1.807) is 7.11 Å². The molecule has 3 nitrogen and oxygen atoms in total. The van der Waals surface area contributed by atoms with E-state index in [0.29, 0.717) is 6.61 Å². The molecule has 0 atom stereocenters. The summed E-state index contributed by atoms with van der Waals surface area (Å²) in [6.45, 7) is 8.65. The van der Waals surface area contributed by atoms with Crippen LogP contribution in [0.3, 0.4) is 0 Å². The normalized spacial score (nSPS) is 15.8. The summed E-state index contributed by atoms with van der Waals surface area (Å²) in [7, 11) is 1.65. The van der Waals surface area contributed by atoms with Crippen LogP contribution in [0.2, 0.25) is 0 Å². The van der Waals surface area contributed by atoms with Crippen LogP contribution in [0.1, 0.15) is 31.9 Å². The molecule has 1 heterocycles. The Kier molecular flexibility index (Phi) is 3.24. The third-order valence-electron chi connectivity index (χ3n) is 2.99. The molecule has 1 aromatic carbocycles. The summed E-state index contributed by atoms with van der Waals surface area (Å²) >= 11 is 0. The number of hydrogen-bond acceptors (Lipinski definition) is 3. The molecule has 0 radical (unpaired) electrons. The second kappa shape index (κ2) is 4.56. The van der Waals surface area contributed by atoms with Crippen molar-refractivity contribution in [3.8, 4) is 17.2 Å². The smallest absolute Gasteiger partial charge is 0.167 e. The van der Waals surface area contributed by atoms with Crippen LogP contribution in [-0.4, -0.2) is 19.3 Å². The van der Waals surface area contributed by atoms with Crippen LogP contribution < -0.4 is 14.2 Å². The Hall–Kier alpha value is -1.64. The highest BCUT2D eigenvalue weighted by molar-refractivity contribution is 5.69. The Bertz CT molecular complexity index is 487. The quantitative estimate of drug-likeness (QED) is 0.818. The van der Waals surface area contributed by atoms with Crippen molar-refractivity contribution in [2.75, 3.05) is 13.7 Å². The Morgan fingerprint density at radius 2 is 2.06 bits per heavy atom. The molecule has 98 valence electrons. The fourth-order valence-electron chi connectivity index (χ4n) is 2.14. The van der Waals surface area contributed by atoms with Gasteiger partial charge in [0.15, 0.2) is 11.5 Å². The summed E-state index contributed by atoms with van der Waals surface area (Å²) in [6.07, 6.45) is 4.13. The van der Waals surface area contributed by atoms with Gasteiger partial charge in [-0.3, -0.25) is 0 Å². The molecule has 0 aliphatic carbocycles. The van der Waals surface area contributed by atoms with Crippen molar-refractivity contribution in [3.63, 3.8) is 0 Å². The predicted octanol–water partition coefficient (Wildman–Crippen LogP) is 3.59. The average Bonchev–Trinajstić information content (AvgIpc) is 2.31. The molecule has 0 spiro atoms. The number of rotatable bonds is 3. The van der Waals surface area contributed by atoms with Gasteiger partial charge in [0.1, 0.15) is 11.4 Å². The maximum atomic E-state index is 6.00. The number of methoxy groups -OCH3 is 1. The molecule has 1 aliphatic heterocycles. The van der Waals surface area contributed by atoms with Crippen LogP contribution in [0.25, 0.3) is 6.08 Å². The maximum absolute atomic E-state index is 6.00. The molecule has 0 saturated heterocycles. The van der Waals surface area contributed by atoms with E-state index in [1.165, 1.54) is 0 Å². The van der Waals surface area contributed by atoms with Gasteiger partial charge in [-0.25, -0.2) is 0 Å². The third-order valence-corrected chi connectivity index (χ3v) is 2.99. The number of hydrogen-bond donors (Lipinski definition) is 0. The van der Waals surface area contributed by atoms with Gasteiger partial charge in [0.25, 0.3) is 0 Å². The van der Waals surface area contributed by atoms with E-state index in [1.807, 2.05) is 33.8 Å². The SMILES string of the molecule is CCOc1cc2c(c(C)c1OC)OC(C)(C)C=C2. The first-order chi connectivity index (χ1) is 8.48. The first-order valence-corrected chi connectivity index (χ1v) is 6.21. The lowest BCUT2D eigenvalue weighted by Crippen LogP contribution is -2.28. The molecule has 0 amide bonds. The fraction of sp³-hybridized carbons (Fsp3) is 0.467. The zero-order chi connectivity index (χ0) is 13.3. The molecule has 0 aromatic heterocycles. The van der Waals surface area contributed by atoms with Crippen molar-refractivity contribution in [2.24, 2.45) is 0 Å². The summed E-state index contributed by atoms with van der Waals surface area (Å²) in [5, 5.41) is 0. The molecule has 0 fully saturated rings. The van der Waals surface area contributed by atoms with Crippen LogP contribution in [0, 0.1) is 6.92 Å². The van der Waals surface area contributed by atoms with Crippen LogP contribution in [0.15, 0.2) is 12.1 Å². The Morgan fingerprint density at radius 3 is 2.67 bits per heavy atom. The highest BCUT2D eigenvalue weighted by atomic mass is 16.5. The topological polar surface area (TPSA) is 27.7 Å². The lowest BCUT2D eigenvalue weighted by Gasteiger charge is -2.30. The zero-order valence-electron chi connectivity index (χ0n) is 11.7. The minimum atomic E-state index is -0.282. The molecule has 3 heteroatoms. The fourth-order valence-corrected chi connectivity index (χ4v) is 2.14. The molecular formula is C15H20O3. The van der Waals surface area contributed by atoms with Gasteiger partial charge in [0, 0.05) is 11.1 Å². The summed E-state index contributed by atoms with van der Waals surface area (Å²) in [4.78, 5) is 0. The van der Waals surface area contributed by atoms with E-state index in [0.717, 1.165) is 28.4 Å². The molecule has 0 saturated carbocycles. The highest BCUT2D eigenvalue weighted by Crippen LogP contribution is 2.43. The van der Waals surface area contributed by atoms with Gasteiger partial charge in [-0.15, -0.1) is 0 Å². The van der Waals surface area contributed by atoms with Crippen molar-refractivity contribution in [3.05, 3.63) is 23.3 Å². The first-order valence-electron chi connectivity index (χ1n) is 6.21. The molecule has 0 bridgehead atoms. The summed E-state index contributed by atoms with van der Waals surface area (Å²) < 4.78 is 17.0. The summed E-state index contributed by atoms with van der Waals surface area (Å²) in [5.41, 5.74) is 1.74. The summed E-state index contributed by atoms with van der Waals surface area (Å²) in [5.74, 6) is 2.40. The molecule has 0 unspecified atom stereocenters. The van der Waals surface area contributed by atoms with Crippen LogP contribution in [0.4, 0.5) is 0 Å². The van der Waals surface area contributed by atoms with Crippen molar-refractivity contribution < 1.29 is 14.2 Å². The standard InChI is InChI=1S/C15H20O3/c1-6-17-12-9-11-7-8-15(3,4)18-13(11)10(2)14(12)16-5/h7-9H,6H2,1-5H3. The van der Waals surface area contributed by atoms with Gasteiger partial charge in [0.2, 0.25) is 0 Å². The number of benzene rings is 1. The molecular weight excluding hydrogens is 228 g/mol. The molecule has 1 aromatic rings. The molecule has 18 heavy (non-hydrogen) atoms. The Balaban J connectivity index is 2.56. The highest BCUT2D eigenvalue weighted by Gasteiger charge is 2.26. The maximum Gasteiger partial charge on any atom is 0.167 e. The van der Waals surface area contributed by atoms with E-state index in [4.69, 9.17) is 14.2 Å². The number of fused-ring (bicyclic) bond motifs is 1. The monoisotopic (exact) mass is 248 g/mol. The van der Waals surface area contributed by atoms with Gasteiger partial charge in [-0.2, -0.15) is 0 Å². The average molecular weight is 248 g/mol. The van der Waals surface area contributed by atoms with E-state index in [2.05, 4.69) is 12.2 Å². The lowest BCUT2D eigenvalue weighted by molar-refractivity contribution is 0.156. The Labute approximate surface area is 108 Å². The van der Waals surface area contributed by atoms with Crippen molar-refractivity contribution in [1.29, 1.82) is 0 Å². The second-order valence-corrected chi connectivity index (χ2v) is 4.92. The summed E-state index contributed by atoms with van der Waals surface area (Å²) in [6, 6.07) is 1.97. The van der Waals surface area contributed by atoms with Gasteiger partial charge in [-0.1, -0.05) is 6.08 Å². The molecule has 0 N–H and O–H groups in total. The minimum absolute atomic E-state index is 0.282. The second-order valence-electron chi connectivity index (χ2n) is 4.92. The van der Waals surface area contributed by atoms with Crippen LogP contribution in [0.5, 0.6) is 17.2 Å². The lowest BCUT2D eigenvalue weighted by atomic mass is 9.99. The Morgan fingerprint density at radius 1 is 1.33 bits per heavy atom. The van der Waals surface area contributed by atoms with Crippen LogP contribution >= 0.6 is 0 Å². The third kappa shape index (κ3) is 2.17. The van der Waals surface area contributed by atoms with Crippen molar-refractivity contribution >= 4 is 6.08 Å². The van der Waals surface area contributed by atoms with Gasteiger partial charge in [0.05, 0.1) is 13.7 Å². The van der Waals surface area contributed by atoms with Gasteiger partial charge < -0.3 is 14.2 Å². The largest absolute Gasteiger partial charge is 0.492 e.